The lowest BCUT2D eigenvalue weighted by molar-refractivity contribution is -0.135. The lowest BCUT2D eigenvalue weighted by Crippen LogP contribution is -2.49. The lowest BCUT2D eigenvalue weighted by atomic mass is 10.0. The van der Waals surface area contributed by atoms with Crippen LogP contribution in [0, 0.1) is 0 Å². The highest BCUT2D eigenvalue weighted by Gasteiger charge is 2.38. The molecule has 4 aromatic carbocycles. The zero-order valence-corrected chi connectivity index (χ0v) is 33.8. The fourth-order valence-corrected chi connectivity index (χ4v) is 8.47. The van der Waals surface area contributed by atoms with Crippen molar-refractivity contribution < 1.29 is 29.0 Å². The third-order valence-corrected chi connectivity index (χ3v) is 11.6. The van der Waals surface area contributed by atoms with E-state index in [1.54, 1.807) is 22.2 Å². The maximum atomic E-state index is 13.9. The van der Waals surface area contributed by atoms with E-state index in [0.29, 0.717) is 31.2 Å². The third-order valence-electron chi connectivity index (χ3n) is 11.6. The van der Waals surface area contributed by atoms with Gasteiger partial charge in [-0.15, -0.1) is 0 Å². The number of rotatable bonds is 13. The molecule has 14 nitrogen and oxygen atoms in total. The second-order valence-electron chi connectivity index (χ2n) is 15.5. The predicted octanol–water partition coefficient (Wildman–Crippen LogP) is 7.31. The summed E-state index contributed by atoms with van der Waals surface area (Å²) in [6.07, 6.45) is 5.38. The topological polar surface area (TPSA) is 186 Å². The van der Waals surface area contributed by atoms with Gasteiger partial charge in [0.1, 0.15) is 23.7 Å². The molecule has 2 aliphatic rings. The summed E-state index contributed by atoms with van der Waals surface area (Å²) < 4.78 is 4.84. The number of hydrogen-bond donors (Lipinski definition) is 5. The Morgan fingerprint density at radius 1 is 0.639 bits per heavy atom. The Balaban J connectivity index is 0.913. The van der Waals surface area contributed by atoms with Crippen LogP contribution in [0.4, 0.5) is 9.59 Å². The number of carboxylic acid groups (broad SMARTS) is 1. The first-order chi connectivity index (χ1) is 29.7. The number of imidazole rings is 2. The Morgan fingerprint density at radius 2 is 1.05 bits per heavy atom. The van der Waals surface area contributed by atoms with Gasteiger partial charge in [-0.05, 0) is 59.1 Å². The van der Waals surface area contributed by atoms with E-state index in [0.717, 1.165) is 70.5 Å². The normalized spacial score (nSPS) is 17.1. The summed E-state index contributed by atoms with van der Waals surface area (Å²) in [5.74, 6) is 0.937. The van der Waals surface area contributed by atoms with Crippen molar-refractivity contribution in [3.8, 4) is 33.6 Å². The van der Waals surface area contributed by atoms with Gasteiger partial charge in [-0.1, -0.05) is 109 Å². The molecule has 4 heterocycles. The molecule has 4 atom stereocenters. The number of aromatic nitrogens is 4. The van der Waals surface area contributed by atoms with E-state index in [1.807, 2.05) is 84.9 Å². The largest absolute Gasteiger partial charge is 0.465 e. The number of likely N-dealkylation sites (tertiary alicyclic amines) is 2. The van der Waals surface area contributed by atoms with Gasteiger partial charge in [0.05, 0.1) is 43.0 Å². The van der Waals surface area contributed by atoms with Crippen LogP contribution < -0.4 is 10.6 Å². The van der Waals surface area contributed by atoms with Gasteiger partial charge < -0.3 is 40.2 Å². The number of alkyl carbamates (subject to hydrolysis) is 1. The van der Waals surface area contributed by atoms with Crippen LogP contribution in [0.1, 0.15) is 60.5 Å². The summed E-state index contributed by atoms with van der Waals surface area (Å²) in [5, 5.41) is 14.7. The molecule has 6 aromatic rings. The fraction of sp³-hybridized carbons (Fsp3) is 0.277. The molecule has 14 heteroatoms. The number of nitrogens with one attached hydrogen (secondary N) is 4. The van der Waals surface area contributed by atoms with Gasteiger partial charge in [0.25, 0.3) is 0 Å². The minimum absolute atomic E-state index is 0.175. The Hall–Kier alpha value is -7.22. The van der Waals surface area contributed by atoms with Gasteiger partial charge in [0, 0.05) is 25.9 Å². The maximum Gasteiger partial charge on any atom is 0.407 e. The second-order valence-corrected chi connectivity index (χ2v) is 15.5. The Labute approximate surface area is 353 Å². The van der Waals surface area contributed by atoms with E-state index in [1.165, 1.54) is 7.11 Å². The van der Waals surface area contributed by atoms with E-state index in [9.17, 15) is 24.3 Å². The first kappa shape index (κ1) is 40.6. The van der Waals surface area contributed by atoms with E-state index in [4.69, 9.17) is 9.72 Å². The predicted molar refractivity (Wildman–Crippen MR) is 229 cm³/mol. The number of carbonyl (C=O) groups is 4. The summed E-state index contributed by atoms with van der Waals surface area (Å²) in [7, 11) is 1.29. The fourth-order valence-electron chi connectivity index (χ4n) is 8.47. The van der Waals surface area contributed by atoms with Crippen molar-refractivity contribution in [2.24, 2.45) is 0 Å². The minimum Gasteiger partial charge on any atom is -0.465 e. The molecule has 1 unspecified atom stereocenters. The molecule has 2 aromatic heterocycles. The van der Waals surface area contributed by atoms with Crippen molar-refractivity contribution >= 4 is 24.0 Å². The number of benzene rings is 4. The quantitative estimate of drug-likeness (QED) is 0.0803. The molecule has 2 aliphatic heterocycles. The van der Waals surface area contributed by atoms with Crippen LogP contribution >= 0.6 is 0 Å². The standard InChI is InChI=1S/C47H48N8O6/c1-61-47(60)53-37(27-31-12-6-3-7-13-31)45(57)55-25-9-15-41(55)43-49-29-39(51-43)35-22-18-33(19-23-35)32-16-20-34(21-17-32)38-28-48-42(50-38)40-14-8-24-54(40)44(56)36(52-46(58)59)26-30-10-4-2-5-11-30/h2-7,10-13,16-23,28-29,36-37,40-41,52H,8-9,14-15,24-27H2,1H3,(H,48,50)(H,49,51)(H,53,60)(H,58,59)/t36-,37-,40-,41?/m0/s1. The molecule has 61 heavy (non-hydrogen) atoms. The van der Waals surface area contributed by atoms with Crippen LogP contribution in [0.5, 0.6) is 0 Å². The summed E-state index contributed by atoms with van der Waals surface area (Å²) in [5.41, 5.74) is 7.45. The average molecular weight is 821 g/mol. The van der Waals surface area contributed by atoms with Crippen molar-refractivity contribution in [3.63, 3.8) is 0 Å². The highest BCUT2D eigenvalue weighted by atomic mass is 16.5. The molecule has 8 rings (SSSR count). The SMILES string of the molecule is COC(=O)N[C@@H](Cc1ccccc1)C(=O)N1CCCC1c1ncc(-c2ccc(-c3ccc(-c4cnc([C@@H]5CCCN5C(=O)[C@H](Cc5ccccc5)NC(=O)O)[nH]4)cc3)cc2)[nH]1. The first-order valence-corrected chi connectivity index (χ1v) is 20.6. The number of ether oxygens (including phenoxy) is 1. The van der Waals surface area contributed by atoms with Gasteiger partial charge in [0.15, 0.2) is 0 Å². The van der Waals surface area contributed by atoms with Gasteiger partial charge in [-0.2, -0.15) is 0 Å². The van der Waals surface area contributed by atoms with Crippen LogP contribution in [-0.2, 0) is 27.2 Å². The smallest absolute Gasteiger partial charge is 0.407 e. The molecule has 2 saturated heterocycles. The Bertz CT molecular complexity index is 2450. The maximum absolute atomic E-state index is 13.9. The van der Waals surface area contributed by atoms with E-state index in [2.05, 4.69) is 49.9 Å². The number of carbonyl (C=O) groups excluding carboxylic acids is 3. The van der Waals surface area contributed by atoms with Gasteiger partial charge in [0.2, 0.25) is 11.8 Å². The molecule has 4 amide bonds. The molecular formula is C47H48N8O6. The number of methoxy groups -OCH3 is 1. The molecule has 2 fully saturated rings. The zero-order valence-electron chi connectivity index (χ0n) is 33.8. The Morgan fingerprint density at radius 3 is 1.46 bits per heavy atom. The first-order valence-electron chi connectivity index (χ1n) is 20.6. The van der Waals surface area contributed by atoms with Gasteiger partial charge >= 0.3 is 12.2 Å². The van der Waals surface area contributed by atoms with E-state index >= 15 is 0 Å². The van der Waals surface area contributed by atoms with Crippen molar-refractivity contribution in [1.29, 1.82) is 0 Å². The highest BCUT2D eigenvalue weighted by Crippen LogP contribution is 2.35. The highest BCUT2D eigenvalue weighted by molar-refractivity contribution is 5.87. The molecule has 0 aliphatic carbocycles. The van der Waals surface area contributed by atoms with Crippen LogP contribution in [0.15, 0.2) is 122 Å². The van der Waals surface area contributed by atoms with Crippen molar-refractivity contribution in [2.45, 2.75) is 62.7 Å². The summed E-state index contributed by atoms with van der Waals surface area (Å²) in [6.45, 7) is 1.09. The molecule has 0 saturated carbocycles. The average Bonchev–Trinajstić information content (AvgIpc) is 4.14. The number of hydrogen-bond acceptors (Lipinski definition) is 7. The van der Waals surface area contributed by atoms with Crippen molar-refractivity contribution in [2.75, 3.05) is 20.2 Å². The second kappa shape index (κ2) is 18.4. The molecule has 0 radical (unpaired) electrons. The van der Waals surface area contributed by atoms with Crippen LogP contribution in [0.3, 0.4) is 0 Å². The van der Waals surface area contributed by atoms with Gasteiger partial charge in [-0.25, -0.2) is 19.6 Å². The summed E-state index contributed by atoms with van der Waals surface area (Å²) in [6, 6.07) is 33.2. The minimum atomic E-state index is -1.24. The van der Waals surface area contributed by atoms with Crippen molar-refractivity contribution in [1.82, 2.24) is 40.4 Å². The number of aromatic amines is 2. The third kappa shape index (κ3) is 9.33. The van der Waals surface area contributed by atoms with Crippen LogP contribution in [-0.4, -0.2) is 91.1 Å². The number of H-pyrrole nitrogens is 2. The van der Waals surface area contributed by atoms with Crippen molar-refractivity contribution in [3.05, 3.63) is 144 Å². The van der Waals surface area contributed by atoms with E-state index in [-0.39, 0.29) is 30.3 Å². The summed E-state index contributed by atoms with van der Waals surface area (Å²) in [4.78, 5) is 71.3. The van der Waals surface area contributed by atoms with Gasteiger partial charge in [-0.3, -0.25) is 9.59 Å². The molecule has 5 N–H and O–H groups in total. The lowest BCUT2D eigenvalue weighted by Gasteiger charge is -2.28. The zero-order chi connectivity index (χ0) is 42.3. The summed E-state index contributed by atoms with van der Waals surface area (Å²) >= 11 is 0. The Kier molecular flexibility index (Phi) is 12.2. The molecule has 0 bridgehead atoms. The number of amides is 4. The van der Waals surface area contributed by atoms with Crippen LogP contribution in [0.2, 0.25) is 0 Å². The molecule has 312 valence electrons. The number of nitrogens with zero attached hydrogens (tertiary/aromatic N) is 4. The van der Waals surface area contributed by atoms with E-state index < -0.39 is 24.3 Å². The monoisotopic (exact) mass is 820 g/mol. The molecule has 0 spiro atoms. The van der Waals surface area contributed by atoms with Crippen LogP contribution in [0.25, 0.3) is 33.6 Å². The molecular weight excluding hydrogens is 773 g/mol.